The third-order valence-electron chi connectivity index (χ3n) is 3.83. The molecule has 0 aliphatic rings. The molecule has 144 valence electrons. The first-order chi connectivity index (χ1) is 12.6. The molecule has 0 aliphatic carbocycles. The average Bonchev–Trinajstić information content (AvgIpc) is 2.60. The predicted molar refractivity (Wildman–Crippen MR) is 100 cm³/mol. The smallest absolute Gasteiger partial charge is 0.346 e. The Balaban J connectivity index is 2.30. The SMILES string of the molecule is COC(=O)[C@H](C)OC(=O)c1cc(S(=O)(=O)Nc2cccc(C)c2)ccc1C. The number of nitrogens with one attached hydrogen (secondary N) is 1. The van der Waals surface area contributed by atoms with Crippen molar-refractivity contribution in [1.82, 2.24) is 0 Å². The Bertz CT molecular complexity index is 968. The maximum absolute atomic E-state index is 12.6. The van der Waals surface area contributed by atoms with Crippen LogP contribution in [0.4, 0.5) is 5.69 Å². The molecule has 0 fully saturated rings. The largest absolute Gasteiger partial charge is 0.466 e. The summed E-state index contributed by atoms with van der Waals surface area (Å²) in [6.07, 6.45) is -1.10. The van der Waals surface area contributed by atoms with E-state index >= 15 is 0 Å². The first-order valence-electron chi connectivity index (χ1n) is 8.13. The Morgan fingerprint density at radius 2 is 1.78 bits per heavy atom. The lowest BCUT2D eigenvalue weighted by molar-refractivity contribution is -0.149. The standard InChI is InChI=1S/C19H21NO6S/c1-12-6-5-7-15(10-12)20-27(23,24)16-9-8-13(2)17(11-16)19(22)26-14(3)18(21)25-4/h5-11,14,20H,1-4H3/t14-/m0/s1. The molecule has 0 aliphatic heterocycles. The summed E-state index contributed by atoms with van der Waals surface area (Å²) < 4.78 is 37.3. The summed E-state index contributed by atoms with van der Waals surface area (Å²) in [4.78, 5) is 23.7. The van der Waals surface area contributed by atoms with Gasteiger partial charge in [0.05, 0.1) is 17.6 Å². The monoisotopic (exact) mass is 391 g/mol. The van der Waals surface area contributed by atoms with Crippen molar-refractivity contribution in [2.24, 2.45) is 0 Å². The molecular formula is C19H21NO6S. The van der Waals surface area contributed by atoms with E-state index in [0.29, 0.717) is 11.3 Å². The van der Waals surface area contributed by atoms with Gasteiger partial charge in [0.15, 0.2) is 6.10 Å². The van der Waals surface area contributed by atoms with Gasteiger partial charge in [-0.25, -0.2) is 18.0 Å². The third kappa shape index (κ3) is 5.07. The molecule has 2 aromatic carbocycles. The van der Waals surface area contributed by atoms with Crippen molar-refractivity contribution < 1.29 is 27.5 Å². The van der Waals surface area contributed by atoms with E-state index in [4.69, 9.17) is 4.74 Å². The number of hydrogen-bond donors (Lipinski definition) is 1. The van der Waals surface area contributed by atoms with E-state index in [1.54, 1.807) is 25.1 Å². The molecule has 0 amide bonds. The van der Waals surface area contributed by atoms with Gasteiger partial charge in [-0.2, -0.15) is 0 Å². The molecule has 0 radical (unpaired) electrons. The van der Waals surface area contributed by atoms with Gasteiger partial charge < -0.3 is 9.47 Å². The summed E-state index contributed by atoms with van der Waals surface area (Å²) in [5.41, 5.74) is 1.89. The highest BCUT2D eigenvalue weighted by molar-refractivity contribution is 7.92. The second kappa shape index (κ2) is 8.22. The molecule has 0 heterocycles. The van der Waals surface area contributed by atoms with Gasteiger partial charge in [-0.05, 0) is 56.2 Å². The van der Waals surface area contributed by atoms with Crippen LogP contribution in [0.5, 0.6) is 0 Å². The normalized spacial score (nSPS) is 12.1. The van der Waals surface area contributed by atoms with E-state index in [1.807, 2.05) is 13.0 Å². The van der Waals surface area contributed by atoms with Crippen LogP contribution in [-0.4, -0.2) is 33.6 Å². The van der Waals surface area contributed by atoms with Crippen molar-refractivity contribution in [2.45, 2.75) is 31.8 Å². The van der Waals surface area contributed by atoms with Gasteiger partial charge >= 0.3 is 11.9 Å². The quantitative estimate of drug-likeness (QED) is 0.760. The Morgan fingerprint density at radius 1 is 1.07 bits per heavy atom. The Morgan fingerprint density at radius 3 is 2.41 bits per heavy atom. The lowest BCUT2D eigenvalue weighted by atomic mass is 10.1. The Kier molecular flexibility index (Phi) is 6.22. The molecule has 0 saturated carbocycles. The van der Waals surface area contributed by atoms with Crippen LogP contribution in [0, 0.1) is 13.8 Å². The van der Waals surface area contributed by atoms with E-state index in [1.165, 1.54) is 32.2 Å². The van der Waals surface area contributed by atoms with E-state index in [2.05, 4.69) is 9.46 Å². The minimum absolute atomic E-state index is 0.0536. The fourth-order valence-electron chi connectivity index (χ4n) is 2.35. The van der Waals surface area contributed by atoms with Crippen LogP contribution in [0.3, 0.4) is 0 Å². The van der Waals surface area contributed by atoms with Gasteiger partial charge in [-0.1, -0.05) is 18.2 Å². The van der Waals surface area contributed by atoms with E-state index in [9.17, 15) is 18.0 Å². The minimum Gasteiger partial charge on any atom is -0.466 e. The second-order valence-corrected chi connectivity index (χ2v) is 7.70. The number of rotatable bonds is 6. The molecule has 7 nitrogen and oxygen atoms in total. The van der Waals surface area contributed by atoms with Crippen LogP contribution in [-0.2, 0) is 24.3 Å². The summed E-state index contributed by atoms with van der Waals surface area (Å²) in [6.45, 7) is 4.86. The number of carbonyl (C=O) groups excluding carboxylic acids is 2. The predicted octanol–water partition coefficient (Wildman–Crippen LogP) is 2.82. The van der Waals surface area contributed by atoms with Crippen molar-refractivity contribution in [3.05, 3.63) is 59.2 Å². The first kappa shape index (κ1) is 20.4. The summed E-state index contributed by atoms with van der Waals surface area (Å²) in [6, 6.07) is 11.0. The molecule has 0 unspecified atom stereocenters. The summed E-state index contributed by atoms with van der Waals surface area (Å²) in [7, 11) is -2.72. The highest BCUT2D eigenvalue weighted by Crippen LogP contribution is 2.21. The summed E-state index contributed by atoms with van der Waals surface area (Å²) >= 11 is 0. The van der Waals surface area contributed by atoms with Gasteiger partial charge in [0.1, 0.15) is 0 Å². The van der Waals surface area contributed by atoms with Crippen LogP contribution >= 0.6 is 0 Å². The number of ether oxygens (including phenoxy) is 2. The van der Waals surface area contributed by atoms with Crippen molar-refractivity contribution >= 4 is 27.6 Å². The maximum atomic E-state index is 12.6. The molecule has 2 aromatic rings. The summed E-state index contributed by atoms with van der Waals surface area (Å²) in [5.74, 6) is -1.51. The van der Waals surface area contributed by atoms with Crippen LogP contribution in [0.25, 0.3) is 0 Å². The van der Waals surface area contributed by atoms with Crippen molar-refractivity contribution in [1.29, 1.82) is 0 Å². The Labute approximate surface area is 158 Å². The number of hydrogen-bond acceptors (Lipinski definition) is 6. The average molecular weight is 391 g/mol. The zero-order valence-electron chi connectivity index (χ0n) is 15.5. The van der Waals surface area contributed by atoms with Crippen LogP contribution in [0.1, 0.15) is 28.4 Å². The number of esters is 2. The molecule has 1 atom stereocenters. The first-order valence-corrected chi connectivity index (χ1v) is 9.61. The molecule has 0 bridgehead atoms. The molecule has 0 saturated heterocycles. The van der Waals surface area contributed by atoms with Crippen LogP contribution < -0.4 is 4.72 Å². The van der Waals surface area contributed by atoms with Gasteiger partial charge in [0.25, 0.3) is 10.0 Å². The van der Waals surface area contributed by atoms with Crippen molar-refractivity contribution in [2.75, 3.05) is 11.8 Å². The fourth-order valence-corrected chi connectivity index (χ4v) is 3.42. The van der Waals surface area contributed by atoms with Crippen LogP contribution in [0.15, 0.2) is 47.4 Å². The molecule has 0 aromatic heterocycles. The lowest BCUT2D eigenvalue weighted by Gasteiger charge is -2.14. The van der Waals surface area contributed by atoms with Gasteiger partial charge in [0.2, 0.25) is 0 Å². The zero-order valence-corrected chi connectivity index (χ0v) is 16.3. The number of carbonyl (C=O) groups is 2. The van der Waals surface area contributed by atoms with Gasteiger partial charge in [-0.15, -0.1) is 0 Å². The van der Waals surface area contributed by atoms with Gasteiger partial charge in [0, 0.05) is 5.69 Å². The van der Waals surface area contributed by atoms with Crippen molar-refractivity contribution in [3.63, 3.8) is 0 Å². The van der Waals surface area contributed by atoms with Crippen molar-refractivity contribution in [3.8, 4) is 0 Å². The minimum atomic E-state index is -3.90. The van der Waals surface area contributed by atoms with E-state index in [0.717, 1.165) is 5.56 Å². The molecule has 8 heteroatoms. The number of sulfonamides is 1. The molecule has 2 rings (SSSR count). The number of aryl methyl sites for hydroxylation is 2. The highest BCUT2D eigenvalue weighted by atomic mass is 32.2. The van der Waals surface area contributed by atoms with E-state index in [-0.39, 0.29) is 10.5 Å². The maximum Gasteiger partial charge on any atom is 0.346 e. The summed E-state index contributed by atoms with van der Waals surface area (Å²) in [5, 5.41) is 0. The lowest BCUT2D eigenvalue weighted by Crippen LogP contribution is -2.25. The molecule has 1 N–H and O–H groups in total. The number of methoxy groups -OCH3 is 1. The van der Waals surface area contributed by atoms with Crippen LogP contribution in [0.2, 0.25) is 0 Å². The van der Waals surface area contributed by atoms with Gasteiger partial charge in [-0.3, -0.25) is 4.72 Å². The highest BCUT2D eigenvalue weighted by Gasteiger charge is 2.23. The number of benzene rings is 2. The second-order valence-electron chi connectivity index (χ2n) is 6.02. The molecule has 0 spiro atoms. The molecular weight excluding hydrogens is 370 g/mol. The zero-order chi connectivity index (χ0) is 20.2. The topological polar surface area (TPSA) is 98.8 Å². The third-order valence-corrected chi connectivity index (χ3v) is 5.21. The molecule has 27 heavy (non-hydrogen) atoms. The fraction of sp³-hybridized carbons (Fsp3) is 0.263. The Hall–Kier alpha value is -2.87. The number of anilines is 1. The van der Waals surface area contributed by atoms with E-state index < -0.39 is 28.1 Å².